The number of amidine groups is 1. The molecule has 0 aliphatic carbocycles. The normalized spacial score (nSPS) is 11.1. The number of hydrogen-bond donors (Lipinski definition) is 2. The zero-order valence-corrected chi connectivity index (χ0v) is 8.73. The van der Waals surface area contributed by atoms with Gasteiger partial charge in [0.2, 0.25) is 5.91 Å². The number of likely N-dealkylation sites (N-methyl/N-ethyl adjacent to an activating group) is 1. The van der Waals surface area contributed by atoms with E-state index >= 15 is 0 Å². The van der Waals surface area contributed by atoms with Crippen molar-refractivity contribution in [2.24, 2.45) is 10.7 Å². The van der Waals surface area contributed by atoms with Gasteiger partial charge in [-0.05, 0) is 6.92 Å². The molecule has 1 aromatic carbocycles. The third-order valence-electron chi connectivity index (χ3n) is 1.84. The molecule has 0 aliphatic heterocycles. The first-order valence-corrected chi connectivity index (χ1v) is 4.86. The van der Waals surface area contributed by atoms with Crippen LogP contribution in [0.3, 0.4) is 0 Å². The molecule has 0 saturated heterocycles. The molecule has 4 heteroatoms. The monoisotopic (exact) mass is 205 g/mol. The molecule has 0 saturated carbocycles. The van der Waals surface area contributed by atoms with Crippen LogP contribution in [0, 0.1) is 0 Å². The molecule has 80 valence electrons. The van der Waals surface area contributed by atoms with Crippen LogP contribution in [0.4, 0.5) is 0 Å². The number of hydrogen-bond acceptors (Lipinski definition) is 2. The highest BCUT2D eigenvalue weighted by molar-refractivity contribution is 5.98. The van der Waals surface area contributed by atoms with Gasteiger partial charge in [0.1, 0.15) is 12.4 Å². The molecule has 15 heavy (non-hydrogen) atoms. The molecule has 0 unspecified atom stereocenters. The van der Waals surface area contributed by atoms with Gasteiger partial charge in [-0.15, -0.1) is 0 Å². The summed E-state index contributed by atoms with van der Waals surface area (Å²) in [6.07, 6.45) is 0. The third kappa shape index (κ3) is 3.81. The summed E-state index contributed by atoms with van der Waals surface area (Å²) in [5.74, 6) is 0.276. The van der Waals surface area contributed by atoms with E-state index in [1.807, 2.05) is 37.3 Å². The Labute approximate surface area is 89.2 Å². The molecule has 1 aromatic rings. The van der Waals surface area contributed by atoms with Crippen molar-refractivity contribution in [1.82, 2.24) is 5.32 Å². The molecule has 0 bridgehead atoms. The fourth-order valence-corrected chi connectivity index (χ4v) is 1.11. The summed E-state index contributed by atoms with van der Waals surface area (Å²) < 4.78 is 0. The Morgan fingerprint density at radius 3 is 2.67 bits per heavy atom. The number of nitrogens with zero attached hydrogens (tertiary/aromatic N) is 1. The van der Waals surface area contributed by atoms with E-state index in [-0.39, 0.29) is 12.5 Å². The lowest BCUT2D eigenvalue weighted by Gasteiger charge is -2.01. The van der Waals surface area contributed by atoms with Gasteiger partial charge in [0.15, 0.2) is 0 Å². The van der Waals surface area contributed by atoms with Crippen molar-refractivity contribution in [1.29, 1.82) is 0 Å². The molecule has 0 aliphatic rings. The summed E-state index contributed by atoms with van der Waals surface area (Å²) in [7, 11) is 0. The van der Waals surface area contributed by atoms with Crippen LogP contribution >= 0.6 is 0 Å². The highest BCUT2D eigenvalue weighted by Gasteiger charge is 1.99. The van der Waals surface area contributed by atoms with E-state index in [1.54, 1.807) is 0 Å². The number of carbonyl (C=O) groups is 1. The Morgan fingerprint density at radius 2 is 2.07 bits per heavy atom. The molecule has 0 atom stereocenters. The minimum absolute atomic E-state index is 0.0779. The van der Waals surface area contributed by atoms with Crippen LogP contribution in [-0.2, 0) is 4.79 Å². The number of carbonyl (C=O) groups excluding carboxylic acids is 1. The zero-order chi connectivity index (χ0) is 11.1. The van der Waals surface area contributed by atoms with Crippen LogP contribution in [0.25, 0.3) is 0 Å². The number of nitrogens with one attached hydrogen (secondary N) is 1. The van der Waals surface area contributed by atoms with E-state index in [4.69, 9.17) is 5.73 Å². The van der Waals surface area contributed by atoms with Gasteiger partial charge in [-0.25, -0.2) is 0 Å². The van der Waals surface area contributed by atoms with E-state index in [2.05, 4.69) is 10.3 Å². The molecule has 3 N–H and O–H groups in total. The highest BCUT2D eigenvalue weighted by atomic mass is 16.1. The van der Waals surface area contributed by atoms with Crippen LogP contribution < -0.4 is 11.1 Å². The first-order chi connectivity index (χ1) is 7.24. The van der Waals surface area contributed by atoms with Gasteiger partial charge in [-0.3, -0.25) is 9.79 Å². The van der Waals surface area contributed by atoms with Crippen molar-refractivity contribution in [3.05, 3.63) is 35.9 Å². The Bertz CT molecular complexity index is 346. The van der Waals surface area contributed by atoms with E-state index < -0.39 is 0 Å². The minimum atomic E-state index is -0.114. The van der Waals surface area contributed by atoms with Crippen molar-refractivity contribution >= 4 is 11.7 Å². The van der Waals surface area contributed by atoms with Gasteiger partial charge in [0, 0.05) is 12.1 Å². The van der Waals surface area contributed by atoms with Crippen molar-refractivity contribution in [3.63, 3.8) is 0 Å². The summed E-state index contributed by atoms with van der Waals surface area (Å²) in [5.41, 5.74) is 6.54. The smallest absolute Gasteiger partial charge is 0.241 e. The van der Waals surface area contributed by atoms with E-state index in [0.717, 1.165) is 5.56 Å². The predicted octanol–water partition coefficient (Wildman–Crippen LogP) is 0.528. The van der Waals surface area contributed by atoms with Gasteiger partial charge in [0.05, 0.1) is 0 Å². The van der Waals surface area contributed by atoms with Gasteiger partial charge in [0.25, 0.3) is 0 Å². The van der Waals surface area contributed by atoms with Crippen LogP contribution in [-0.4, -0.2) is 24.8 Å². The van der Waals surface area contributed by atoms with E-state index in [1.165, 1.54) is 0 Å². The topological polar surface area (TPSA) is 67.5 Å². The summed E-state index contributed by atoms with van der Waals surface area (Å²) in [6.45, 7) is 2.55. The second kappa shape index (κ2) is 5.80. The minimum Gasteiger partial charge on any atom is -0.383 e. The highest BCUT2D eigenvalue weighted by Crippen LogP contribution is 1.97. The van der Waals surface area contributed by atoms with Crippen LogP contribution in [0.1, 0.15) is 12.5 Å². The summed E-state index contributed by atoms with van der Waals surface area (Å²) in [4.78, 5) is 15.1. The maximum absolute atomic E-state index is 11.1. The number of rotatable bonds is 4. The number of aliphatic imine (C=N–C) groups is 1. The third-order valence-corrected chi connectivity index (χ3v) is 1.84. The molecule has 4 nitrogen and oxygen atoms in total. The van der Waals surface area contributed by atoms with Gasteiger partial charge >= 0.3 is 0 Å². The summed E-state index contributed by atoms with van der Waals surface area (Å²) >= 11 is 0. The fourth-order valence-electron chi connectivity index (χ4n) is 1.11. The van der Waals surface area contributed by atoms with Crippen molar-refractivity contribution in [2.45, 2.75) is 6.92 Å². The van der Waals surface area contributed by atoms with Gasteiger partial charge < -0.3 is 11.1 Å². The lowest BCUT2D eigenvalue weighted by Crippen LogP contribution is -2.26. The SMILES string of the molecule is CCNC(=O)CN=C(N)c1ccccc1. The maximum atomic E-state index is 11.1. The molecule has 0 spiro atoms. The van der Waals surface area contributed by atoms with Crippen LogP contribution in [0.2, 0.25) is 0 Å². The first-order valence-electron chi connectivity index (χ1n) is 4.86. The molecule has 0 fully saturated rings. The standard InChI is InChI=1S/C11H15N3O/c1-2-13-10(15)8-14-11(12)9-6-4-3-5-7-9/h3-7H,2,8H2,1H3,(H2,12,14)(H,13,15). The van der Waals surface area contributed by atoms with Crippen molar-refractivity contribution in [3.8, 4) is 0 Å². The second-order valence-electron chi connectivity index (χ2n) is 3.02. The Kier molecular flexibility index (Phi) is 4.34. The number of benzene rings is 1. The van der Waals surface area contributed by atoms with E-state index in [9.17, 15) is 4.79 Å². The number of amides is 1. The Hall–Kier alpha value is -1.84. The largest absolute Gasteiger partial charge is 0.383 e. The van der Waals surface area contributed by atoms with Gasteiger partial charge in [-0.1, -0.05) is 30.3 Å². The summed E-state index contributed by atoms with van der Waals surface area (Å²) in [6, 6.07) is 9.38. The van der Waals surface area contributed by atoms with Crippen LogP contribution in [0.5, 0.6) is 0 Å². The average molecular weight is 205 g/mol. The average Bonchev–Trinajstić information content (AvgIpc) is 2.27. The zero-order valence-electron chi connectivity index (χ0n) is 8.73. The predicted molar refractivity (Wildman–Crippen MR) is 60.7 cm³/mol. The molecule has 0 aromatic heterocycles. The summed E-state index contributed by atoms with van der Waals surface area (Å²) in [5, 5.41) is 2.65. The quantitative estimate of drug-likeness (QED) is 0.556. The van der Waals surface area contributed by atoms with Gasteiger partial charge in [-0.2, -0.15) is 0 Å². The Morgan fingerprint density at radius 1 is 1.40 bits per heavy atom. The number of nitrogens with two attached hydrogens (primary N) is 1. The second-order valence-corrected chi connectivity index (χ2v) is 3.02. The Balaban J connectivity index is 2.57. The van der Waals surface area contributed by atoms with Crippen LogP contribution in [0.15, 0.2) is 35.3 Å². The first kappa shape index (κ1) is 11.2. The van der Waals surface area contributed by atoms with E-state index in [0.29, 0.717) is 12.4 Å². The van der Waals surface area contributed by atoms with Crippen molar-refractivity contribution < 1.29 is 4.79 Å². The molecular formula is C11H15N3O. The molecule has 1 amide bonds. The fraction of sp³-hybridized carbons (Fsp3) is 0.273. The molecule has 0 heterocycles. The lowest BCUT2D eigenvalue weighted by molar-refractivity contribution is -0.119. The maximum Gasteiger partial charge on any atom is 0.241 e. The molecule has 0 radical (unpaired) electrons. The van der Waals surface area contributed by atoms with Crippen molar-refractivity contribution in [2.75, 3.05) is 13.1 Å². The molecule has 1 rings (SSSR count). The lowest BCUT2D eigenvalue weighted by atomic mass is 10.2. The molecular weight excluding hydrogens is 190 g/mol.